The summed E-state index contributed by atoms with van der Waals surface area (Å²) in [5.41, 5.74) is 0.828. The van der Waals surface area contributed by atoms with Gasteiger partial charge in [-0.2, -0.15) is 0 Å². The van der Waals surface area contributed by atoms with Gasteiger partial charge in [0.25, 0.3) is 0 Å². The van der Waals surface area contributed by atoms with Gasteiger partial charge in [0.2, 0.25) is 0 Å². The molecule has 1 N–H and O–H groups in total. The molecule has 0 amide bonds. The Balaban J connectivity index is 2.89. The molecule has 16 heavy (non-hydrogen) atoms. The molecule has 0 aliphatic carbocycles. The molecule has 0 aromatic heterocycles. The van der Waals surface area contributed by atoms with Gasteiger partial charge < -0.3 is 9.84 Å². The maximum absolute atomic E-state index is 13.5. The van der Waals surface area contributed by atoms with Crippen molar-refractivity contribution in [2.45, 2.75) is 26.2 Å². The number of hydrogen-bond acceptors (Lipinski definition) is 2. The molecule has 0 saturated carbocycles. The van der Waals surface area contributed by atoms with E-state index in [9.17, 15) is 9.50 Å². The van der Waals surface area contributed by atoms with Crippen LogP contribution < -0.4 is 4.74 Å². The largest absolute Gasteiger partial charge is 0.494 e. The van der Waals surface area contributed by atoms with Crippen molar-refractivity contribution in [3.05, 3.63) is 29.6 Å². The van der Waals surface area contributed by atoms with Crippen molar-refractivity contribution >= 4 is 0 Å². The fourth-order valence-corrected chi connectivity index (χ4v) is 1.82. The van der Waals surface area contributed by atoms with Crippen LogP contribution in [0.5, 0.6) is 5.75 Å². The number of aliphatic hydroxyl groups is 1. The summed E-state index contributed by atoms with van der Waals surface area (Å²) < 4.78 is 18.3. The number of methoxy groups -OCH3 is 1. The van der Waals surface area contributed by atoms with Gasteiger partial charge in [0, 0.05) is 12.5 Å². The van der Waals surface area contributed by atoms with Gasteiger partial charge in [-0.3, -0.25) is 0 Å². The van der Waals surface area contributed by atoms with Gasteiger partial charge in [0.05, 0.1) is 7.11 Å². The first-order chi connectivity index (χ1) is 7.58. The van der Waals surface area contributed by atoms with Crippen molar-refractivity contribution < 1.29 is 14.2 Å². The van der Waals surface area contributed by atoms with Crippen LogP contribution in [-0.4, -0.2) is 18.8 Å². The van der Waals surface area contributed by atoms with Crippen molar-refractivity contribution in [1.82, 2.24) is 0 Å². The van der Waals surface area contributed by atoms with E-state index < -0.39 is 0 Å². The van der Waals surface area contributed by atoms with E-state index in [2.05, 4.69) is 13.8 Å². The second-order valence-electron chi connectivity index (χ2n) is 4.40. The second-order valence-corrected chi connectivity index (χ2v) is 4.40. The van der Waals surface area contributed by atoms with Crippen LogP contribution in [0.4, 0.5) is 4.39 Å². The van der Waals surface area contributed by atoms with Crippen LogP contribution in [-0.2, 0) is 0 Å². The minimum absolute atomic E-state index is 0.000376. The van der Waals surface area contributed by atoms with E-state index >= 15 is 0 Å². The summed E-state index contributed by atoms with van der Waals surface area (Å²) in [4.78, 5) is 0. The third kappa shape index (κ3) is 3.20. The smallest absolute Gasteiger partial charge is 0.165 e. The molecular formula is C13H19FO2. The number of rotatable bonds is 5. The van der Waals surface area contributed by atoms with Crippen LogP contribution in [0.2, 0.25) is 0 Å². The lowest BCUT2D eigenvalue weighted by Crippen LogP contribution is -2.08. The fraction of sp³-hybridized carbons (Fsp3) is 0.538. The first kappa shape index (κ1) is 13.0. The van der Waals surface area contributed by atoms with E-state index in [0.717, 1.165) is 12.0 Å². The first-order valence-electron chi connectivity index (χ1n) is 5.52. The molecule has 1 unspecified atom stereocenters. The lowest BCUT2D eigenvalue weighted by Gasteiger charge is -2.17. The van der Waals surface area contributed by atoms with Crippen LogP contribution >= 0.6 is 0 Å². The van der Waals surface area contributed by atoms with Crippen molar-refractivity contribution in [3.63, 3.8) is 0 Å². The van der Waals surface area contributed by atoms with Crippen molar-refractivity contribution in [2.75, 3.05) is 13.7 Å². The maximum atomic E-state index is 13.5. The third-order valence-electron chi connectivity index (χ3n) is 2.62. The highest BCUT2D eigenvalue weighted by atomic mass is 19.1. The predicted molar refractivity (Wildman–Crippen MR) is 62.2 cm³/mol. The van der Waals surface area contributed by atoms with Crippen LogP contribution in [0.15, 0.2) is 18.2 Å². The zero-order chi connectivity index (χ0) is 12.1. The molecular weight excluding hydrogens is 207 g/mol. The van der Waals surface area contributed by atoms with Crippen LogP contribution in [0.3, 0.4) is 0 Å². The monoisotopic (exact) mass is 226 g/mol. The molecule has 90 valence electrons. The average molecular weight is 226 g/mol. The molecule has 1 rings (SSSR count). The Morgan fingerprint density at radius 2 is 2.06 bits per heavy atom. The number of halogens is 1. The molecule has 0 aliphatic rings. The van der Waals surface area contributed by atoms with Gasteiger partial charge in [-0.25, -0.2) is 4.39 Å². The third-order valence-corrected chi connectivity index (χ3v) is 2.62. The summed E-state index contributed by atoms with van der Waals surface area (Å²) >= 11 is 0. The highest BCUT2D eigenvalue weighted by Crippen LogP contribution is 2.27. The molecule has 3 heteroatoms. The molecule has 0 aliphatic heterocycles. The van der Waals surface area contributed by atoms with Gasteiger partial charge in [-0.15, -0.1) is 0 Å². The zero-order valence-electron chi connectivity index (χ0n) is 10.0. The van der Waals surface area contributed by atoms with Crippen LogP contribution in [0.1, 0.15) is 31.7 Å². The van der Waals surface area contributed by atoms with E-state index in [1.54, 1.807) is 6.07 Å². The Morgan fingerprint density at radius 1 is 1.38 bits per heavy atom. The van der Waals surface area contributed by atoms with Crippen LogP contribution in [0.25, 0.3) is 0 Å². The average Bonchev–Trinajstić information content (AvgIpc) is 2.25. The molecule has 2 nitrogen and oxygen atoms in total. The van der Waals surface area contributed by atoms with Crippen molar-refractivity contribution in [3.8, 4) is 5.75 Å². The number of benzene rings is 1. The molecule has 1 atom stereocenters. The minimum atomic E-state index is -0.373. The molecule has 1 aromatic rings. The lowest BCUT2D eigenvalue weighted by molar-refractivity contribution is 0.248. The highest BCUT2D eigenvalue weighted by molar-refractivity contribution is 5.31. The minimum Gasteiger partial charge on any atom is -0.494 e. The van der Waals surface area contributed by atoms with E-state index in [1.165, 1.54) is 13.2 Å². The summed E-state index contributed by atoms with van der Waals surface area (Å²) in [5, 5.41) is 9.29. The van der Waals surface area contributed by atoms with Gasteiger partial charge in [0.15, 0.2) is 11.6 Å². The second kappa shape index (κ2) is 5.85. The van der Waals surface area contributed by atoms with Gasteiger partial charge >= 0.3 is 0 Å². The molecule has 0 spiro atoms. The van der Waals surface area contributed by atoms with E-state index in [0.29, 0.717) is 5.92 Å². The zero-order valence-corrected chi connectivity index (χ0v) is 10.0. The standard InChI is InChI=1S/C13H19FO2/c1-9(2)6-11(8-15)10-4-5-13(16-3)12(14)7-10/h4-5,7,9,11,15H,6,8H2,1-3H3. The number of aliphatic hydroxyl groups excluding tert-OH is 1. The van der Waals surface area contributed by atoms with Gasteiger partial charge in [0.1, 0.15) is 0 Å². The maximum Gasteiger partial charge on any atom is 0.165 e. The lowest BCUT2D eigenvalue weighted by atomic mass is 9.91. The Bertz CT molecular complexity index is 337. The van der Waals surface area contributed by atoms with Crippen molar-refractivity contribution in [2.24, 2.45) is 5.92 Å². The quantitative estimate of drug-likeness (QED) is 0.836. The molecule has 0 heterocycles. The number of hydrogen-bond donors (Lipinski definition) is 1. The van der Waals surface area contributed by atoms with Gasteiger partial charge in [-0.1, -0.05) is 19.9 Å². The Labute approximate surface area is 96.1 Å². The van der Waals surface area contributed by atoms with E-state index in [4.69, 9.17) is 4.74 Å². The Morgan fingerprint density at radius 3 is 2.50 bits per heavy atom. The SMILES string of the molecule is COc1ccc(C(CO)CC(C)C)cc1F. The summed E-state index contributed by atoms with van der Waals surface area (Å²) in [5.74, 6) is 0.343. The molecule has 1 aromatic carbocycles. The molecule has 0 fully saturated rings. The van der Waals surface area contributed by atoms with Gasteiger partial charge in [-0.05, 0) is 30.0 Å². The van der Waals surface area contributed by atoms with E-state index in [1.807, 2.05) is 6.07 Å². The highest BCUT2D eigenvalue weighted by Gasteiger charge is 2.14. The molecule has 0 saturated heterocycles. The fourth-order valence-electron chi connectivity index (χ4n) is 1.82. The summed E-state index contributed by atoms with van der Waals surface area (Å²) in [6.45, 7) is 4.22. The predicted octanol–water partition coefficient (Wildman–Crippen LogP) is 2.96. The normalized spacial score (nSPS) is 12.9. The van der Waals surface area contributed by atoms with Crippen molar-refractivity contribution in [1.29, 1.82) is 0 Å². The molecule has 0 radical (unpaired) electrons. The summed E-state index contributed by atoms with van der Waals surface area (Å²) in [6.07, 6.45) is 0.849. The summed E-state index contributed by atoms with van der Waals surface area (Å²) in [6, 6.07) is 4.86. The van der Waals surface area contributed by atoms with E-state index in [-0.39, 0.29) is 24.1 Å². The Kier molecular flexibility index (Phi) is 4.74. The molecule has 0 bridgehead atoms. The first-order valence-corrected chi connectivity index (χ1v) is 5.52. The number of ether oxygens (including phenoxy) is 1. The summed E-state index contributed by atoms with van der Waals surface area (Å²) in [7, 11) is 1.44. The topological polar surface area (TPSA) is 29.5 Å². The Hall–Kier alpha value is -1.09. The van der Waals surface area contributed by atoms with Crippen LogP contribution in [0, 0.1) is 11.7 Å².